The van der Waals surface area contributed by atoms with Crippen LogP contribution in [0.2, 0.25) is 0 Å². The molecule has 1 N–H and O–H groups in total. The van der Waals surface area contributed by atoms with Gasteiger partial charge in [0.1, 0.15) is 17.6 Å². The molecule has 0 radical (unpaired) electrons. The van der Waals surface area contributed by atoms with E-state index < -0.39 is 0 Å². The summed E-state index contributed by atoms with van der Waals surface area (Å²) >= 11 is 0. The van der Waals surface area contributed by atoms with E-state index in [4.69, 9.17) is 9.47 Å². The highest BCUT2D eigenvalue weighted by molar-refractivity contribution is 5.75. The Morgan fingerprint density at radius 2 is 1.72 bits per heavy atom. The molecule has 164 valence electrons. The van der Waals surface area contributed by atoms with Crippen LogP contribution < -0.4 is 14.8 Å². The zero-order chi connectivity index (χ0) is 21.8. The Kier molecular flexibility index (Phi) is 5.92. The van der Waals surface area contributed by atoms with Crippen molar-refractivity contribution in [1.29, 1.82) is 0 Å². The summed E-state index contributed by atoms with van der Waals surface area (Å²) < 4.78 is 12.0. The van der Waals surface area contributed by atoms with Gasteiger partial charge in [-0.05, 0) is 30.2 Å². The number of piperidine rings is 1. The minimum Gasteiger partial charge on any atom is -0.490 e. The number of hydrogen-bond acceptors (Lipinski definition) is 4. The molecule has 2 heterocycles. The SMILES string of the molecule is O=C(NC1C[C@@H]1c1ccccc1)N1CCC(Oc2cccc(Oc3ccccn3)c2)CC1. The molecule has 1 aliphatic carbocycles. The fourth-order valence-electron chi connectivity index (χ4n) is 4.18. The standard InChI is InChI=1S/C26H27N3O3/c30-26(28-24-18-23(24)19-7-2-1-3-8-19)29-15-12-20(13-16-29)31-21-9-6-10-22(17-21)32-25-11-4-5-14-27-25/h1-11,14,17,20,23-24H,12-13,15-16,18H2,(H,28,30)/t23-,24?/m1/s1. The van der Waals surface area contributed by atoms with Gasteiger partial charge < -0.3 is 19.7 Å². The smallest absolute Gasteiger partial charge is 0.317 e. The van der Waals surface area contributed by atoms with E-state index >= 15 is 0 Å². The van der Waals surface area contributed by atoms with Crippen molar-refractivity contribution in [2.24, 2.45) is 0 Å². The average Bonchev–Trinajstić information content (AvgIpc) is 3.60. The third kappa shape index (κ3) is 5.02. The van der Waals surface area contributed by atoms with Gasteiger partial charge in [-0.1, -0.05) is 42.5 Å². The number of carbonyl (C=O) groups is 1. The highest BCUT2D eigenvalue weighted by atomic mass is 16.5. The van der Waals surface area contributed by atoms with Gasteiger partial charge in [0.05, 0.1) is 0 Å². The first kappa shape index (κ1) is 20.4. The minimum absolute atomic E-state index is 0.0395. The first-order valence-corrected chi connectivity index (χ1v) is 11.2. The molecule has 1 aliphatic heterocycles. The van der Waals surface area contributed by atoms with Crippen molar-refractivity contribution in [2.45, 2.75) is 37.3 Å². The zero-order valence-electron chi connectivity index (χ0n) is 17.9. The molecule has 1 unspecified atom stereocenters. The summed E-state index contributed by atoms with van der Waals surface area (Å²) in [6.45, 7) is 1.40. The van der Waals surface area contributed by atoms with E-state index in [9.17, 15) is 4.79 Å². The zero-order valence-corrected chi connectivity index (χ0v) is 17.9. The molecular weight excluding hydrogens is 402 g/mol. The maximum absolute atomic E-state index is 12.7. The van der Waals surface area contributed by atoms with Crippen LogP contribution in [0.3, 0.4) is 0 Å². The van der Waals surface area contributed by atoms with Crippen LogP contribution in [0, 0.1) is 0 Å². The first-order valence-electron chi connectivity index (χ1n) is 11.2. The molecule has 32 heavy (non-hydrogen) atoms. The van der Waals surface area contributed by atoms with Crippen LogP contribution in [-0.4, -0.2) is 41.2 Å². The molecule has 5 rings (SSSR count). The highest BCUT2D eigenvalue weighted by Crippen LogP contribution is 2.40. The summed E-state index contributed by atoms with van der Waals surface area (Å²) in [7, 11) is 0. The number of rotatable bonds is 6. The van der Waals surface area contributed by atoms with Gasteiger partial charge in [0.2, 0.25) is 5.88 Å². The van der Waals surface area contributed by atoms with Gasteiger partial charge in [0.15, 0.2) is 0 Å². The summed E-state index contributed by atoms with van der Waals surface area (Å²) in [5.41, 5.74) is 1.30. The fourth-order valence-corrected chi connectivity index (χ4v) is 4.18. The lowest BCUT2D eigenvalue weighted by atomic mass is 10.1. The van der Waals surface area contributed by atoms with Gasteiger partial charge >= 0.3 is 6.03 Å². The van der Waals surface area contributed by atoms with E-state index in [1.807, 2.05) is 53.4 Å². The molecule has 0 spiro atoms. The number of hydrogen-bond donors (Lipinski definition) is 1. The van der Waals surface area contributed by atoms with Crippen molar-refractivity contribution in [2.75, 3.05) is 13.1 Å². The Hall–Kier alpha value is -3.54. The van der Waals surface area contributed by atoms with Crippen LogP contribution in [0.5, 0.6) is 17.4 Å². The molecule has 1 saturated carbocycles. The Balaban J connectivity index is 1.08. The second kappa shape index (κ2) is 9.30. The molecule has 3 aromatic rings. The lowest BCUT2D eigenvalue weighted by Crippen LogP contribution is -2.47. The number of nitrogens with one attached hydrogen (secondary N) is 1. The largest absolute Gasteiger partial charge is 0.490 e. The lowest BCUT2D eigenvalue weighted by molar-refractivity contribution is 0.111. The van der Waals surface area contributed by atoms with Gasteiger partial charge in [0.25, 0.3) is 0 Å². The Morgan fingerprint density at radius 3 is 2.50 bits per heavy atom. The van der Waals surface area contributed by atoms with E-state index in [1.54, 1.807) is 6.20 Å². The van der Waals surface area contributed by atoms with Crippen molar-refractivity contribution in [3.63, 3.8) is 0 Å². The Morgan fingerprint density at radius 1 is 0.938 bits per heavy atom. The lowest BCUT2D eigenvalue weighted by Gasteiger charge is -2.32. The van der Waals surface area contributed by atoms with Crippen molar-refractivity contribution in [1.82, 2.24) is 15.2 Å². The summed E-state index contributed by atoms with van der Waals surface area (Å²) in [5.74, 6) is 2.45. The van der Waals surface area contributed by atoms with E-state index in [0.29, 0.717) is 30.6 Å². The Bertz CT molecular complexity index is 1040. The predicted molar refractivity (Wildman–Crippen MR) is 122 cm³/mol. The van der Waals surface area contributed by atoms with E-state index in [1.165, 1.54) is 5.56 Å². The van der Waals surface area contributed by atoms with Gasteiger partial charge in [0, 0.05) is 56.2 Å². The first-order chi connectivity index (χ1) is 15.7. The summed E-state index contributed by atoms with van der Waals surface area (Å²) in [6, 6.07) is 23.9. The minimum atomic E-state index is 0.0395. The molecular formula is C26H27N3O3. The number of urea groups is 1. The number of nitrogens with zero attached hydrogens (tertiary/aromatic N) is 2. The van der Waals surface area contributed by atoms with Crippen molar-refractivity contribution in [3.05, 3.63) is 84.6 Å². The van der Waals surface area contributed by atoms with Gasteiger partial charge in [-0.3, -0.25) is 0 Å². The number of amides is 2. The third-order valence-corrected chi connectivity index (χ3v) is 6.02. The third-order valence-electron chi connectivity index (χ3n) is 6.02. The van der Waals surface area contributed by atoms with Crippen molar-refractivity contribution in [3.8, 4) is 17.4 Å². The molecule has 2 aliphatic rings. The van der Waals surface area contributed by atoms with E-state index in [-0.39, 0.29) is 18.2 Å². The van der Waals surface area contributed by atoms with Crippen LogP contribution in [0.25, 0.3) is 0 Å². The number of aromatic nitrogens is 1. The van der Waals surface area contributed by atoms with Crippen LogP contribution in [-0.2, 0) is 0 Å². The molecule has 6 heteroatoms. The van der Waals surface area contributed by atoms with Crippen LogP contribution in [0.1, 0.15) is 30.7 Å². The molecule has 0 bridgehead atoms. The highest BCUT2D eigenvalue weighted by Gasteiger charge is 2.40. The molecule has 2 aromatic carbocycles. The van der Waals surface area contributed by atoms with Crippen LogP contribution in [0.4, 0.5) is 4.79 Å². The van der Waals surface area contributed by atoms with Gasteiger partial charge in [-0.25, -0.2) is 9.78 Å². The molecule has 6 nitrogen and oxygen atoms in total. The number of likely N-dealkylation sites (tertiary alicyclic amines) is 1. The maximum atomic E-state index is 12.7. The molecule has 1 saturated heterocycles. The van der Waals surface area contributed by atoms with Gasteiger partial charge in [-0.2, -0.15) is 0 Å². The van der Waals surface area contributed by atoms with Crippen molar-refractivity contribution < 1.29 is 14.3 Å². The average molecular weight is 430 g/mol. The quantitative estimate of drug-likeness (QED) is 0.600. The number of pyridine rings is 1. The monoisotopic (exact) mass is 429 g/mol. The van der Waals surface area contributed by atoms with Crippen LogP contribution >= 0.6 is 0 Å². The van der Waals surface area contributed by atoms with E-state index in [2.05, 4.69) is 34.6 Å². The van der Waals surface area contributed by atoms with Gasteiger partial charge in [-0.15, -0.1) is 0 Å². The van der Waals surface area contributed by atoms with E-state index in [0.717, 1.165) is 25.0 Å². The second-order valence-corrected chi connectivity index (χ2v) is 8.36. The fraction of sp³-hybridized carbons (Fsp3) is 0.308. The second-order valence-electron chi connectivity index (χ2n) is 8.36. The Labute approximate surface area is 188 Å². The molecule has 2 amide bonds. The summed E-state index contributed by atoms with van der Waals surface area (Å²) in [6.07, 6.45) is 4.43. The number of ether oxygens (including phenoxy) is 2. The summed E-state index contributed by atoms with van der Waals surface area (Å²) in [5, 5.41) is 3.19. The normalized spacial score (nSPS) is 20.4. The predicted octanol–water partition coefficient (Wildman–Crippen LogP) is 4.98. The molecule has 2 fully saturated rings. The van der Waals surface area contributed by atoms with Crippen LogP contribution in [0.15, 0.2) is 79.0 Å². The molecule has 2 atom stereocenters. The maximum Gasteiger partial charge on any atom is 0.317 e. The topological polar surface area (TPSA) is 63.7 Å². The summed E-state index contributed by atoms with van der Waals surface area (Å²) in [4.78, 5) is 18.7. The number of carbonyl (C=O) groups excluding carboxylic acids is 1. The molecule has 1 aromatic heterocycles. The van der Waals surface area contributed by atoms with Crippen molar-refractivity contribution >= 4 is 6.03 Å². The number of benzene rings is 2.